The lowest BCUT2D eigenvalue weighted by molar-refractivity contribution is 0.380. The highest BCUT2D eigenvalue weighted by Gasteiger charge is 1.96. The lowest BCUT2D eigenvalue weighted by Gasteiger charge is -2.15. The zero-order valence-electron chi connectivity index (χ0n) is 7.98. The number of likely N-dealkylation sites (N-methyl/N-ethyl adjacent to an activating group) is 2. The standard InChI is InChI=1S/C9H20N2/c1-5-10-7-9(3)8-11(4)6-2/h10H,3,5-8H2,1-2,4H3. The number of hydrogen-bond acceptors (Lipinski definition) is 2. The molecule has 0 saturated carbocycles. The van der Waals surface area contributed by atoms with Crippen molar-refractivity contribution in [2.24, 2.45) is 0 Å². The van der Waals surface area contributed by atoms with Gasteiger partial charge in [-0.25, -0.2) is 0 Å². The summed E-state index contributed by atoms with van der Waals surface area (Å²) in [5, 5.41) is 3.25. The van der Waals surface area contributed by atoms with Crippen molar-refractivity contribution in [3.05, 3.63) is 12.2 Å². The summed E-state index contributed by atoms with van der Waals surface area (Å²) < 4.78 is 0. The second kappa shape index (κ2) is 6.38. The molecule has 2 nitrogen and oxygen atoms in total. The van der Waals surface area contributed by atoms with Gasteiger partial charge in [-0.1, -0.05) is 20.4 Å². The Balaban J connectivity index is 3.36. The van der Waals surface area contributed by atoms with E-state index in [1.54, 1.807) is 0 Å². The summed E-state index contributed by atoms with van der Waals surface area (Å²) in [5.41, 5.74) is 1.26. The van der Waals surface area contributed by atoms with E-state index in [2.05, 4.69) is 37.7 Å². The van der Waals surface area contributed by atoms with Crippen molar-refractivity contribution in [1.82, 2.24) is 10.2 Å². The highest BCUT2D eigenvalue weighted by atomic mass is 15.1. The fourth-order valence-electron chi connectivity index (χ4n) is 0.851. The Morgan fingerprint density at radius 1 is 1.45 bits per heavy atom. The highest BCUT2D eigenvalue weighted by molar-refractivity contribution is 4.98. The maximum Gasteiger partial charge on any atom is 0.0199 e. The molecule has 0 aliphatic carbocycles. The first kappa shape index (κ1) is 10.7. The molecule has 0 aliphatic heterocycles. The zero-order chi connectivity index (χ0) is 8.69. The fourth-order valence-corrected chi connectivity index (χ4v) is 0.851. The Morgan fingerprint density at radius 2 is 2.09 bits per heavy atom. The molecule has 0 aromatic rings. The molecule has 0 saturated heterocycles. The topological polar surface area (TPSA) is 15.3 Å². The van der Waals surface area contributed by atoms with Gasteiger partial charge in [-0.15, -0.1) is 0 Å². The molecule has 0 amide bonds. The van der Waals surface area contributed by atoms with E-state index in [1.807, 2.05) is 0 Å². The van der Waals surface area contributed by atoms with Gasteiger partial charge < -0.3 is 10.2 Å². The van der Waals surface area contributed by atoms with Crippen LogP contribution in [0.4, 0.5) is 0 Å². The molecule has 0 bridgehead atoms. The van der Waals surface area contributed by atoms with E-state index in [1.165, 1.54) is 5.57 Å². The van der Waals surface area contributed by atoms with Crippen molar-refractivity contribution >= 4 is 0 Å². The Labute approximate surface area is 70.3 Å². The van der Waals surface area contributed by atoms with Crippen LogP contribution in [0.25, 0.3) is 0 Å². The van der Waals surface area contributed by atoms with Gasteiger partial charge >= 0.3 is 0 Å². The zero-order valence-corrected chi connectivity index (χ0v) is 7.98. The molecule has 0 aliphatic rings. The molecule has 0 heterocycles. The number of nitrogens with one attached hydrogen (secondary N) is 1. The van der Waals surface area contributed by atoms with E-state index in [-0.39, 0.29) is 0 Å². The highest BCUT2D eigenvalue weighted by Crippen LogP contribution is 1.91. The Bertz CT molecular complexity index is 110. The summed E-state index contributed by atoms with van der Waals surface area (Å²) in [6.07, 6.45) is 0. The van der Waals surface area contributed by atoms with E-state index in [0.717, 1.165) is 26.2 Å². The predicted molar refractivity (Wildman–Crippen MR) is 50.9 cm³/mol. The first-order valence-corrected chi connectivity index (χ1v) is 4.26. The van der Waals surface area contributed by atoms with Gasteiger partial charge in [0, 0.05) is 13.1 Å². The first-order chi connectivity index (χ1) is 5.20. The lowest BCUT2D eigenvalue weighted by Crippen LogP contribution is -2.25. The summed E-state index contributed by atoms with van der Waals surface area (Å²) in [6.45, 7) is 12.3. The van der Waals surface area contributed by atoms with Crippen LogP contribution in [0.1, 0.15) is 13.8 Å². The molecule has 1 N–H and O–H groups in total. The van der Waals surface area contributed by atoms with Gasteiger partial charge in [0.05, 0.1) is 0 Å². The van der Waals surface area contributed by atoms with Crippen LogP contribution in [0.3, 0.4) is 0 Å². The van der Waals surface area contributed by atoms with Gasteiger partial charge in [-0.2, -0.15) is 0 Å². The van der Waals surface area contributed by atoms with Gasteiger partial charge in [0.15, 0.2) is 0 Å². The van der Waals surface area contributed by atoms with Crippen molar-refractivity contribution in [1.29, 1.82) is 0 Å². The summed E-state index contributed by atoms with van der Waals surface area (Å²) in [6, 6.07) is 0. The van der Waals surface area contributed by atoms with Crippen LogP contribution >= 0.6 is 0 Å². The quantitative estimate of drug-likeness (QED) is 0.579. The number of nitrogens with zero attached hydrogens (tertiary/aromatic N) is 1. The van der Waals surface area contributed by atoms with Gasteiger partial charge in [0.25, 0.3) is 0 Å². The van der Waals surface area contributed by atoms with Crippen LogP contribution in [0.15, 0.2) is 12.2 Å². The summed E-state index contributed by atoms with van der Waals surface area (Å²) >= 11 is 0. The van der Waals surface area contributed by atoms with Crippen molar-refractivity contribution in [2.75, 3.05) is 33.2 Å². The van der Waals surface area contributed by atoms with E-state index in [0.29, 0.717) is 0 Å². The maximum atomic E-state index is 3.98. The third kappa shape index (κ3) is 6.07. The molecule has 0 spiro atoms. The molecule has 66 valence electrons. The van der Waals surface area contributed by atoms with Gasteiger partial charge in [-0.3, -0.25) is 0 Å². The van der Waals surface area contributed by atoms with Crippen LogP contribution < -0.4 is 5.32 Å². The molecule has 0 rings (SSSR count). The van der Waals surface area contributed by atoms with Crippen molar-refractivity contribution in [3.8, 4) is 0 Å². The molecule has 0 atom stereocenters. The fraction of sp³-hybridized carbons (Fsp3) is 0.778. The first-order valence-electron chi connectivity index (χ1n) is 4.26. The average Bonchev–Trinajstić information content (AvgIpc) is 2.00. The molecule has 0 aromatic carbocycles. The second-order valence-corrected chi connectivity index (χ2v) is 2.86. The number of hydrogen-bond donors (Lipinski definition) is 1. The van der Waals surface area contributed by atoms with Crippen LogP contribution in [0, 0.1) is 0 Å². The van der Waals surface area contributed by atoms with E-state index < -0.39 is 0 Å². The van der Waals surface area contributed by atoms with Crippen LogP contribution in [-0.2, 0) is 0 Å². The SMILES string of the molecule is C=C(CNCC)CN(C)CC. The van der Waals surface area contributed by atoms with E-state index in [4.69, 9.17) is 0 Å². The van der Waals surface area contributed by atoms with Crippen molar-refractivity contribution in [3.63, 3.8) is 0 Å². The minimum Gasteiger partial charge on any atom is -0.313 e. The van der Waals surface area contributed by atoms with Crippen LogP contribution in [0.2, 0.25) is 0 Å². The monoisotopic (exact) mass is 156 g/mol. The lowest BCUT2D eigenvalue weighted by atomic mass is 10.3. The molecule has 0 unspecified atom stereocenters. The summed E-state index contributed by atoms with van der Waals surface area (Å²) in [7, 11) is 2.11. The van der Waals surface area contributed by atoms with Gasteiger partial charge in [0.2, 0.25) is 0 Å². The molecule has 11 heavy (non-hydrogen) atoms. The van der Waals surface area contributed by atoms with Gasteiger partial charge in [-0.05, 0) is 25.7 Å². The maximum absolute atomic E-state index is 3.98. The minimum absolute atomic E-state index is 0.945. The molecular weight excluding hydrogens is 136 g/mol. The third-order valence-electron chi connectivity index (χ3n) is 1.66. The summed E-state index contributed by atoms with van der Waals surface area (Å²) in [5.74, 6) is 0. The molecule has 2 heteroatoms. The molecule has 0 radical (unpaired) electrons. The normalized spacial score (nSPS) is 10.5. The average molecular weight is 156 g/mol. The number of rotatable bonds is 6. The Kier molecular flexibility index (Phi) is 6.18. The van der Waals surface area contributed by atoms with Crippen LogP contribution in [-0.4, -0.2) is 38.1 Å². The molecule has 0 aromatic heterocycles. The second-order valence-electron chi connectivity index (χ2n) is 2.86. The van der Waals surface area contributed by atoms with Crippen LogP contribution in [0.5, 0.6) is 0 Å². The van der Waals surface area contributed by atoms with Crippen molar-refractivity contribution < 1.29 is 0 Å². The summed E-state index contributed by atoms with van der Waals surface area (Å²) in [4.78, 5) is 2.25. The van der Waals surface area contributed by atoms with E-state index >= 15 is 0 Å². The Hall–Kier alpha value is -0.340. The van der Waals surface area contributed by atoms with Crippen molar-refractivity contribution in [2.45, 2.75) is 13.8 Å². The third-order valence-corrected chi connectivity index (χ3v) is 1.66. The van der Waals surface area contributed by atoms with E-state index in [9.17, 15) is 0 Å². The molecule has 0 fully saturated rings. The minimum atomic E-state index is 0.945. The van der Waals surface area contributed by atoms with Gasteiger partial charge in [0.1, 0.15) is 0 Å². The smallest absolute Gasteiger partial charge is 0.0199 e. The Morgan fingerprint density at radius 3 is 2.55 bits per heavy atom. The largest absolute Gasteiger partial charge is 0.313 e. The molecular formula is C9H20N2. The predicted octanol–water partition coefficient (Wildman–Crippen LogP) is 1.10.